The Morgan fingerprint density at radius 1 is 1.32 bits per heavy atom. The fraction of sp³-hybridized carbons (Fsp3) is 0.455. The monoisotopic (exact) mass is 359 g/mol. The highest BCUT2D eigenvalue weighted by atomic mass is 79.9. The van der Waals surface area contributed by atoms with Crippen molar-refractivity contribution in [1.82, 2.24) is 4.31 Å². The molecule has 0 spiro atoms. The first-order chi connectivity index (χ1) is 8.62. The highest BCUT2D eigenvalue weighted by molar-refractivity contribution is 9.09. The van der Waals surface area contributed by atoms with Gasteiger partial charge in [0.1, 0.15) is 0 Å². The summed E-state index contributed by atoms with van der Waals surface area (Å²) in [7, 11) is -2.58. The quantitative estimate of drug-likeness (QED) is 0.775. The van der Waals surface area contributed by atoms with Crippen LogP contribution in [0.4, 0.5) is 13.2 Å². The van der Waals surface area contributed by atoms with Gasteiger partial charge in [0.2, 0.25) is 10.0 Å². The van der Waals surface area contributed by atoms with Crippen molar-refractivity contribution >= 4 is 26.0 Å². The molecule has 19 heavy (non-hydrogen) atoms. The van der Waals surface area contributed by atoms with Gasteiger partial charge >= 0.3 is 6.18 Å². The summed E-state index contributed by atoms with van der Waals surface area (Å²) in [4.78, 5) is -0.314. The minimum absolute atomic E-state index is 0.179. The smallest absolute Gasteiger partial charge is 0.207 e. The average Bonchev–Trinajstić information content (AvgIpc) is 2.27. The Morgan fingerprint density at radius 2 is 1.89 bits per heavy atom. The fourth-order valence-electron chi connectivity index (χ4n) is 1.61. The molecule has 0 aliphatic heterocycles. The highest BCUT2D eigenvalue weighted by Gasteiger charge is 2.35. The predicted molar refractivity (Wildman–Crippen MR) is 69.8 cm³/mol. The van der Waals surface area contributed by atoms with Crippen LogP contribution in [0, 0.1) is 6.92 Å². The first kappa shape index (κ1) is 16.5. The van der Waals surface area contributed by atoms with Crippen LogP contribution in [0.3, 0.4) is 0 Å². The van der Waals surface area contributed by atoms with Crippen molar-refractivity contribution in [2.75, 3.05) is 18.9 Å². The molecule has 0 radical (unpaired) electrons. The van der Waals surface area contributed by atoms with Crippen LogP contribution in [0.5, 0.6) is 0 Å². The van der Waals surface area contributed by atoms with E-state index in [1.165, 1.54) is 13.1 Å². The van der Waals surface area contributed by atoms with Crippen molar-refractivity contribution in [3.05, 3.63) is 29.3 Å². The first-order valence-corrected chi connectivity index (χ1v) is 7.87. The van der Waals surface area contributed by atoms with Crippen LogP contribution in [0.2, 0.25) is 0 Å². The lowest BCUT2D eigenvalue weighted by Crippen LogP contribution is -2.29. The van der Waals surface area contributed by atoms with Gasteiger partial charge in [-0.2, -0.15) is 13.2 Å². The Labute approximate surface area is 118 Å². The third-order valence-electron chi connectivity index (χ3n) is 2.68. The van der Waals surface area contributed by atoms with Crippen LogP contribution < -0.4 is 0 Å². The molecule has 0 amide bonds. The van der Waals surface area contributed by atoms with Crippen LogP contribution in [-0.4, -0.2) is 31.6 Å². The summed E-state index contributed by atoms with van der Waals surface area (Å²) < 4.78 is 63.6. The van der Waals surface area contributed by atoms with Gasteiger partial charge in [0.05, 0.1) is 10.5 Å². The van der Waals surface area contributed by atoms with E-state index in [0.717, 1.165) is 23.4 Å². The molecule has 0 aliphatic rings. The van der Waals surface area contributed by atoms with Gasteiger partial charge in [-0.15, -0.1) is 0 Å². The second-order valence-corrected chi connectivity index (χ2v) is 6.75. The number of nitrogens with zero attached hydrogens (tertiary/aromatic N) is 1. The molecule has 1 aromatic rings. The Morgan fingerprint density at radius 3 is 2.37 bits per heavy atom. The molecule has 1 rings (SSSR count). The molecule has 0 heterocycles. The molecule has 1 aromatic carbocycles. The molecule has 0 bridgehead atoms. The summed E-state index contributed by atoms with van der Waals surface area (Å²) >= 11 is 3.09. The topological polar surface area (TPSA) is 37.4 Å². The van der Waals surface area contributed by atoms with E-state index >= 15 is 0 Å². The zero-order valence-corrected chi connectivity index (χ0v) is 12.7. The number of hydrogen-bond acceptors (Lipinski definition) is 2. The average molecular weight is 360 g/mol. The normalized spacial score (nSPS) is 13.0. The zero-order valence-electron chi connectivity index (χ0n) is 10.3. The van der Waals surface area contributed by atoms with Crippen LogP contribution in [-0.2, 0) is 16.2 Å². The largest absolute Gasteiger partial charge is 0.416 e. The van der Waals surface area contributed by atoms with Crippen LogP contribution in [0.15, 0.2) is 23.1 Å². The van der Waals surface area contributed by atoms with E-state index in [1.54, 1.807) is 0 Å². The van der Waals surface area contributed by atoms with E-state index in [2.05, 4.69) is 15.9 Å². The van der Waals surface area contributed by atoms with E-state index in [9.17, 15) is 21.6 Å². The highest BCUT2D eigenvalue weighted by Crippen LogP contribution is 2.34. The number of sulfonamides is 1. The molecule has 0 saturated heterocycles. The molecule has 0 atom stereocenters. The summed E-state index contributed by atoms with van der Waals surface area (Å²) in [6, 6.07) is 3.16. The molecular weight excluding hydrogens is 347 g/mol. The Balaban J connectivity index is 3.38. The van der Waals surface area contributed by atoms with E-state index in [-0.39, 0.29) is 17.0 Å². The lowest BCUT2D eigenvalue weighted by atomic mass is 10.1. The minimum atomic E-state index is -4.57. The van der Waals surface area contributed by atoms with Gasteiger partial charge in [0.15, 0.2) is 0 Å². The molecule has 0 aromatic heterocycles. The lowest BCUT2D eigenvalue weighted by molar-refractivity contribution is -0.138. The Kier molecular flexibility index (Phi) is 5.02. The third-order valence-corrected chi connectivity index (χ3v) is 5.03. The molecule has 3 nitrogen and oxygen atoms in total. The van der Waals surface area contributed by atoms with Crippen molar-refractivity contribution in [2.45, 2.75) is 18.0 Å². The van der Waals surface area contributed by atoms with Crippen LogP contribution in [0.25, 0.3) is 0 Å². The zero-order chi connectivity index (χ0) is 14.8. The van der Waals surface area contributed by atoms with Crippen molar-refractivity contribution in [2.24, 2.45) is 0 Å². The summed E-state index contributed by atoms with van der Waals surface area (Å²) in [5, 5.41) is 0.404. The van der Waals surface area contributed by atoms with E-state index in [0.29, 0.717) is 5.33 Å². The van der Waals surface area contributed by atoms with Crippen LogP contribution in [0.1, 0.15) is 11.1 Å². The Hall–Kier alpha value is -0.600. The van der Waals surface area contributed by atoms with Gasteiger partial charge in [-0.05, 0) is 24.6 Å². The van der Waals surface area contributed by atoms with Gasteiger partial charge < -0.3 is 0 Å². The van der Waals surface area contributed by atoms with Gasteiger partial charge in [-0.25, -0.2) is 12.7 Å². The van der Waals surface area contributed by atoms with E-state index in [4.69, 9.17) is 0 Å². The van der Waals surface area contributed by atoms with Gasteiger partial charge in [0.25, 0.3) is 0 Å². The minimum Gasteiger partial charge on any atom is -0.207 e. The second-order valence-electron chi connectivity index (χ2n) is 3.94. The molecule has 0 saturated carbocycles. The van der Waals surface area contributed by atoms with Crippen molar-refractivity contribution < 1.29 is 21.6 Å². The summed E-state index contributed by atoms with van der Waals surface area (Å²) in [6.45, 7) is 1.34. The standard InChI is InChI=1S/C11H13BrF3NO2S/c1-8-9(11(13,14)15)4-3-5-10(8)19(17,18)16(2)7-6-12/h3-5H,6-7H2,1-2H3. The fourth-order valence-corrected chi connectivity index (χ4v) is 3.79. The van der Waals surface area contributed by atoms with Crippen LogP contribution >= 0.6 is 15.9 Å². The maximum absolute atomic E-state index is 12.8. The van der Waals surface area contributed by atoms with Gasteiger partial charge in [-0.3, -0.25) is 0 Å². The van der Waals surface area contributed by atoms with Gasteiger partial charge in [0, 0.05) is 18.9 Å². The van der Waals surface area contributed by atoms with Gasteiger partial charge in [-0.1, -0.05) is 22.0 Å². The molecule has 0 fully saturated rings. The summed E-state index contributed by atoms with van der Waals surface area (Å²) in [5.74, 6) is 0. The number of rotatable bonds is 4. The van der Waals surface area contributed by atoms with E-state index in [1.807, 2.05) is 0 Å². The summed E-state index contributed by atoms with van der Waals surface area (Å²) in [6.07, 6.45) is -4.57. The summed E-state index contributed by atoms with van der Waals surface area (Å²) in [5.41, 5.74) is -1.21. The Bertz CT molecular complexity index is 558. The third kappa shape index (κ3) is 3.49. The molecule has 108 valence electrons. The molecule has 0 unspecified atom stereocenters. The number of halogens is 4. The van der Waals surface area contributed by atoms with Crippen molar-refractivity contribution in [1.29, 1.82) is 0 Å². The number of benzene rings is 1. The maximum Gasteiger partial charge on any atom is 0.416 e. The second kappa shape index (κ2) is 5.80. The van der Waals surface area contributed by atoms with Crippen molar-refractivity contribution in [3.8, 4) is 0 Å². The molecule has 0 N–H and O–H groups in total. The van der Waals surface area contributed by atoms with Crippen molar-refractivity contribution in [3.63, 3.8) is 0 Å². The lowest BCUT2D eigenvalue weighted by Gasteiger charge is -2.19. The molecule has 8 heteroatoms. The maximum atomic E-state index is 12.8. The first-order valence-electron chi connectivity index (χ1n) is 5.31. The number of alkyl halides is 4. The molecular formula is C11H13BrF3NO2S. The molecule has 0 aliphatic carbocycles. The SMILES string of the molecule is Cc1c(C(F)(F)F)cccc1S(=O)(=O)N(C)CCBr. The van der Waals surface area contributed by atoms with E-state index < -0.39 is 21.8 Å². The predicted octanol–water partition coefficient (Wildman–Crippen LogP) is 3.03. The number of hydrogen-bond donors (Lipinski definition) is 0.